The third-order valence-corrected chi connectivity index (χ3v) is 3.54. The van der Waals surface area contributed by atoms with Gasteiger partial charge in [0.1, 0.15) is 22.5 Å². The predicted octanol–water partition coefficient (Wildman–Crippen LogP) is 4.71. The molecular formula is C16H18ClFN2O. The lowest BCUT2D eigenvalue weighted by Gasteiger charge is -2.16. The highest BCUT2D eigenvalue weighted by atomic mass is 35.5. The smallest absolute Gasteiger partial charge is 0.135 e. The molecule has 0 saturated heterocycles. The average molecular weight is 309 g/mol. The van der Waals surface area contributed by atoms with Crippen LogP contribution >= 0.6 is 11.6 Å². The molecule has 0 atom stereocenters. The Kier molecular flexibility index (Phi) is 4.68. The normalized spacial score (nSPS) is 10.8. The van der Waals surface area contributed by atoms with Gasteiger partial charge in [-0.15, -0.1) is 0 Å². The van der Waals surface area contributed by atoms with Gasteiger partial charge in [-0.05, 0) is 29.7 Å². The van der Waals surface area contributed by atoms with E-state index in [1.165, 1.54) is 13.2 Å². The van der Waals surface area contributed by atoms with Crippen LogP contribution in [0.2, 0.25) is 5.15 Å². The Balaban J connectivity index is 2.70. The Morgan fingerprint density at radius 2 is 1.95 bits per heavy atom. The van der Waals surface area contributed by atoms with Crippen LogP contribution in [0.15, 0.2) is 24.3 Å². The summed E-state index contributed by atoms with van der Waals surface area (Å²) in [6.07, 6.45) is 0. The lowest BCUT2D eigenvalue weighted by atomic mass is 9.96. The molecule has 21 heavy (non-hydrogen) atoms. The summed E-state index contributed by atoms with van der Waals surface area (Å²) in [6.45, 7) is 3.90. The highest BCUT2D eigenvalue weighted by Gasteiger charge is 2.17. The molecule has 0 aliphatic heterocycles. The Bertz CT molecular complexity index is 659. The van der Waals surface area contributed by atoms with Gasteiger partial charge < -0.3 is 10.1 Å². The van der Waals surface area contributed by atoms with Crippen LogP contribution in [0.5, 0.6) is 5.75 Å². The van der Waals surface area contributed by atoms with E-state index in [0.717, 1.165) is 11.1 Å². The summed E-state index contributed by atoms with van der Waals surface area (Å²) in [5, 5.41) is 3.40. The van der Waals surface area contributed by atoms with Crippen LogP contribution in [0.1, 0.15) is 25.3 Å². The number of pyridine rings is 1. The average Bonchev–Trinajstić information content (AvgIpc) is 2.46. The van der Waals surface area contributed by atoms with Gasteiger partial charge in [-0.25, -0.2) is 9.37 Å². The van der Waals surface area contributed by atoms with Crippen molar-refractivity contribution < 1.29 is 9.13 Å². The van der Waals surface area contributed by atoms with E-state index in [1.807, 2.05) is 26.0 Å². The van der Waals surface area contributed by atoms with Crippen LogP contribution in [0, 0.1) is 5.82 Å². The van der Waals surface area contributed by atoms with E-state index in [2.05, 4.69) is 10.3 Å². The number of ether oxygens (including phenoxy) is 1. The first kappa shape index (κ1) is 15.6. The maximum absolute atomic E-state index is 14.1. The molecule has 1 N–H and O–H groups in total. The Labute approximate surface area is 129 Å². The van der Waals surface area contributed by atoms with E-state index in [9.17, 15) is 4.39 Å². The highest BCUT2D eigenvalue weighted by Crippen LogP contribution is 2.38. The van der Waals surface area contributed by atoms with Crippen molar-refractivity contribution in [1.29, 1.82) is 0 Å². The van der Waals surface area contributed by atoms with Gasteiger partial charge in [0.15, 0.2) is 0 Å². The van der Waals surface area contributed by atoms with Crippen LogP contribution in [0.4, 0.5) is 10.2 Å². The number of hydrogen-bond donors (Lipinski definition) is 1. The summed E-state index contributed by atoms with van der Waals surface area (Å²) in [5.74, 6) is 0.908. The maximum atomic E-state index is 14.1. The van der Waals surface area contributed by atoms with Crippen LogP contribution in [-0.4, -0.2) is 19.1 Å². The first-order valence-corrected chi connectivity index (χ1v) is 7.07. The molecule has 5 heteroatoms. The third kappa shape index (κ3) is 3.10. The Hall–Kier alpha value is -1.81. The van der Waals surface area contributed by atoms with Crippen molar-refractivity contribution in [3.8, 4) is 16.9 Å². The zero-order valence-corrected chi connectivity index (χ0v) is 13.3. The van der Waals surface area contributed by atoms with Gasteiger partial charge in [-0.1, -0.05) is 25.4 Å². The zero-order valence-electron chi connectivity index (χ0n) is 12.5. The molecule has 2 rings (SSSR count). The summed E-state index contributed by atoms with van der Waals surface area (Å²) in [6, 6.07) is 6.78. The number of anilines is 1. The largest absolute Gasteiger partial charge is 0.496 e. The monoisotopic (exact) mass is 308 g/mol. The van der Waals surface area contributed by atoms with Crippen LogP contribution in [0.25, 0.3) is 11.1 Å². The number of halogens is 2. The Morgan fingerprint density at radius 1 is 1.24 bits per heavy atom. The second-order valence-electron chi connectivity index (χ2n) is 5.01. The number of methoxy groups -OCH3 is 1. The van der Waals surface area contributed by atoms with Crippen LogP contribution < -0.4 is 10.1 Å². The number of nitrogens with zero attached hydrogens (tertiary/aromatic N) is 1. The fourth-order valence-electron chi connectivity index (χ4n) is 2.24. The Morgan fingerprint density at radius 3 is 2.52 bits per heavy atom. The predicted molar refractivity (Wildman–Crippen MR) is 84.8 cm³/mol. The number of nitrogens with one attached hydrogen (secondary N) is 1. The van der Waals surface area contributed by atoms with E-state index in [0.29, 0.717) is 22.3 Å². The van der Waals surface area contributed by atoms with E-state index in [1.54, 1.807) is 13.1 Å². The molecule has 0 fully saturated rings. The molecule has 1 aromatic heterocycles. The van der Waals surface area contributed by atoms with Crippen molar-refractivity contribution in [3.05, 3.63) is 40.8 Å². The SMILES string of the molecule is CNc1nc(Cl)ccc1-c1cc(C(C)C)c(F)cc1OC. The van der Waals surface area contributed by atoms with Gasteiger partial charge in [0, 0.05) is 24.2 Å². The number of aromatic nitrogens is 1. The maximum Gasteiger partial charge on any atom is 0.135 e. The summed E-state index contributed by atoms with van der Waals surface area (Å²) in [5.41, 5.74) is 2.25. The van der Waals surface area contributed by atoms with Crippen molar-refractivity contribution in [3.63, 3.8) is 0 Å². The minimum atomic E-state index is -0.265. The number of hydrogen-bond acceptors (Lipinski definition) is 3. The number of rotatable bonds is 4. The van der Waals surface area contributed by atoms with Crippen molar-refractivity contribution in [2.45, 2.75) is 19.8 Å². The topological polar surface area (TPSA) is 34.2 Å². The van der Waals surface area contributed by atoms with Crippen LogP contribution in [-0.2, 0) is 0 Å². The van der Waals surface area contributed by atoms with Gasteiger partial charge in [-0.3, -0.25) is 0 Å². The molecule has 0 aliphatic carbocycles. The van der Waals surface area contributed by atoms with Crippen molar-refractivity contribution in [2.24, 2.45) is 0 Å². The summed E-state index contributed by atoms with van der Waals surface area (Å²) >= 11 is 5.92. The molecular weight excluding hydrogens is 291 g/mol. The molecule has 0 amide bonds. The molecule has 0 aliphatic rings. The van der Waals surface area contributed by atoms with Gasteiger partial charge in [0.2, 0.25) is 0 Å². The fraction of sp³-hybridized carbons (Fsp3) is 0.312. The molecule has 0 saturated carbocycles. The lowest BCUT2D eigenvalue weighted by Crippen LogP contribution is -2.00. The van der Waals surface area contributed by atoms with Crippen LogP contribution in [0.3, 0.4) is 0 Å². The molecule has 0 radical (unpaired) electrons. The summed E-state index contributed by atoms with van der Waals surface area (Å²) < 4.78 is 19.4. The first-order chi connectivity index (χ1) is 9.97. The van der Waals surface area contributed by atoms with E-state index in [-0.39, 0.29) is 11.7 Å². The van der Waals surface area contributed by atoms with Crippen molar-refractivity contribution in [1.82, 2.24) is 4.98 Å². The van der Waals surface area contributed by atoms with Gasteiger partial charge in [-0.2, -0.15) is 0 Å². The first-order valence-electron chi connectivity index (χ1n) is 6.70. The zero-order chi connectivity index (χ0) is 15.6. The summed E-state index contributed by atoms with van der Waals surface area (Å²) in [4.78, 5) is 4.25. The van der Waals surface area contributed by atoms with E-state index >= 15 is 0 Å². The van der Waals surface area contributed by atoms with E-state index in [4.69, 9.17) is 16.3 Å². The summed E-state index contributed by atoms with van der Waals surface area (Å²) in [7, 11) is 3.29. The second kappa shape index (κ2) is 6.31. The van der Waals surface area contributed by atoms with Crippen molar-refractivity contribution in [2.75, 3.05) is 19.5 Å². The fourth-order valence-corrected chi connectivity index (χ4v) is 2.38. The minimum absolute atomic E-state index is 0.0768. The van der Waals surface area contributed by atoms with Gasteiger partial charge in [0.25, 0.3) is 0 Å². The molecule has 0 bridgehead atoms. The molecule has 0 spiro atoms. The van der Waals surface area contributed by atoms with E-state index < -0.39 is 0 Å². The highest BCUT2D eigenvalue weighted by molar-refractivity contribution is 6.29. The molecule has 0 unspecified atom stereocenters. The third-order valence-electron chi connectivity index (χ3n) is 3.33. The van der Waals surface area contributed by atoms with Gasteiger partial charge >= 0.3 is 0 Å². The lowest BCUT2D eigenvalue weighted by molar-refractivity contribution is 0.412. The molecule has 3 nitrogen and oxygen atoms in total. The van der Waals surface area contributed by atoms with Crippen molar-refractivity contribution >= 4 is 17.4 Å². The minimum Gasteiger partial charge on any atom is -0.496 e. The molecule has 1 heterocycles. The van der Waals surface area contributed by atoms with Gasteiger partial charge in [0.05, 0.1) is 7.11 Å². The standard InChI is InChI=1S/C16H18ClFN2O/c1-9(2)11-7-12(14(21-4)8-13(11)18)10-5-6-15(17)20-16(10)19-3/h5-9H,1-4H3,(H,19,20). The molecule has 2 aromatic rings. The number of benzene rings is 1. The molecule has 112 valence electrons. The quantitative estimate of drug-likeness (QED) is 0.830. The second-order valence-corrected chi connectivity index (χ2v) is 5.40. The molecule has 1 aromatic carbocycles.